The lowest BCUT2D eigenvalue weighted by Gasteiger charge is -2.02. The predicted molar refractivity (Wildman–Crippen MR) is 57.4 cm³/mol. The number of ether oxygens (including phenoxy) is 1. The Hall–Kier alpha value is -2.28. The first kappa shape index (κ1) is 10.2. The number of hydrogen-bond donors (Lipinski definition) is 1. The average Bonchev–Trinajstić information content (AvgIpc) is 2.85. The van der Waals surface area contributed by atoms with Gasteiger partial charge >= 0.3 is 0 Å². The summed E-state index contributed by atoms with van der Waals surface area (Å²) in [6.45, 7) is 1.12. The van der Waals surface area contributed by atoms with E-state index in [9.17, 15) is 4.79 Å². The number of nitrogens with zero attached hydrogens (tertiary/aromatic N) is 1. The van der Waals surface area contributed by atoms with E-state index in [1.807, 2.05) is 12.1 Å². The van der Waals surface area contributed by atoms with E-state index in [0.29, 0.717) is 18.7 Å². The second kappa shape index (κ2) is 4.49. The molecule has 0 amide bonds. The summed E-state index contributed by atoms with van der Waals surface area (Å²) in [4.78, 5) is 12.0. The summed E-state index contributed by atoms with van der Waals surface area (Å²) in [5.41, 5.74) is 0.521. The van der Waals surface area contributed by atoms with E-state index in [4.69, 9.17) is 10.00 Å². The summed E-state index contributed by atoms with van der Waals surface area (Å²) in [5.74, 6) is -0.0242. The molecule has 0 aliphatic carbocycles. The van der Waals surface area contributed by atoms with E-state index in [-0.39, 0.29) is 17.2 Å². The van der Waals surface area contributed by atoms with Crippen LogP contribution in [-0.4, -0.2) is 18.9 Å². The molecule has 2 rings (SSSR count). The van der Waals surface area contributed by atoms with Gasteiger partial charge in [-0.2, -0.15) is 5.26 Å². The molecule has 0 radical (unpaired) electrons. The highest BCUT2D eigenvalue weighted by Crippen LogP contribution is 2.13. The first-order valence-electron chi connectivity index (χ1n) is 4.93. The molecule has 1 aliphatic heterocycles. The lowest BCUT2D eigenvalue weighted by atomic mass is 10.1. The van der Waals surface area contributed by atoms with Gasteiger partial charge in [0.1, 0.15) is 12.7 Å². The van der Waals surface area contributed by atoms with Crippen LogP contribution in [0.3, 0.4) is 0 Å². The molecule has 1 heterocycles. The average molecular weight is 214 g/mol. The Morgan fingerprint density at radius 1 is 1.38 bits per heavy atom. The third kappa shape index (κ3) is 1.89. The van der Waals surface area contributed by atoms with Crippen LogP contribution >= 0.6 is 0 Å². The molecule has 0 unspecified atom stereocenters. The predicted octanol–water partition coefficient (Wildman–Crippen LogP) is 1.22. The summed E-state index contributed by atoms with van der Waals surface area (Å²) in [6.07, 6.45) is 0. The summed E-state index contributed by atoms with van der Waals surface area (Å²) in [7, 11) is 0. The van der Waals surface area contributed by atoms with Gasteiger partial charge in [0.05, 0.1) is 6.54 Å². The van der Waals surface area contributed by atoms with Gasteiger partial charge in [-0.1, -0.05) is 30.3 Å². The minimum absolute atomic E-state index is 0.0312. The second-order valence-electron chi connectivity index (χ2n) is 3.29. The summed E-state index contributed by atoms with van der Waals surface area (Å²) in [5, 5.41) is 11.8. The third-order valence-corrected chi connectivity index (χ3v) is 2.24. The van der Waals surface area contributed by atoms with Crippen LogP contribution < -0.4 is 5.32 Å². The Balaban J connectivity index is 2.34. The topological polar surface area (TPSA) is 62.1 Å². The molecular formula is C12H10N2O2. The third-order valence-electron chi connectivity index (χ3n) is 2.24. The smallest absolute Gasteiger partial charge is 0.209 e. The van der Waals surface area contributed by atoms with Crippen molar-refractivity contribution in [3.05, 3.63) is 47.4 Å². The number of allylic oxidation sites excluding steroid dienone is 1. The van der Waals surface area contributed by atoms with Crippen LogP contribution in [0.25, 0.3) is 0 Å². The van der Waals surface area contributed by atoms with E-state index in [2.05, 4.69) is 5.32 Å². The van der Waals surface area contributed by atoms with Crippen LogP contribution in [-0.2, 0) is 4.74 Å². The van der Waals surface area contributed by atoms with Gasteiger partial charge in [-0.3, -0.25) is 4.79 Å². The zero-order valence-electron chi connectivity index (χ0n) is 8.56. The number of hydrogen-bond acceptors (Lipinski definition) is 4. The van der Waals surface area contributed by atoms with Crippen molar-refractivity contribution < 1.29 is 9.53 Å². The number of carbonyl (C=O) groups excluding carboxylic acids is 1. The van der Waals surface area contributed by atoms with E-state index < -0.39 is 0 Å². The Labute approximate surface area is 93.1 Å². The minimum atomic E-state index is -0.312. The van der Waals surface area contributed by atoms with E-state index in [1.165, 1.54) is 0 Å². The summed E-state index contributed by atoms with van der Waals surface area (Å²) in [6, 6.07) is 10.6. The molecule has 16 heavy (non-hydrogen) atoms. The van der Waals surface area contributed by atoms with Gasteiger partial charge in [0.15, 0.2) is 5.57 Å². The molecule has 4 heteroatoms. The molecule has 1 N–H and O–H groups in total. The zero-order valence-corrected chi connectivity index (χ0v) is 8.56. The standard InChI is InChI=1S/C12H10N2O2/c13-8-10(12-14-6-7-16-12)11(15)9-4-2-1-3-5-9/h1-5,14H,6-7H2/b12-10-. The molecule has 0 aromatic heterocycles. The molecule has 0 saturated carbocycles. The van der Waals surface area contributed by atoms with Crippen LogP contribution in [0.1, 0.15) is 10.4 Å². The molecular weight excluding hydrogens is 204 g/mol. The van der Waals surface area contributed by atoms with Crippen molar-refractivity contribution in [1.82, 2.24) is 5.32 Å². The van der Waals surface area contributed by atoms with Gasteiger partial charge < -0.3 is 10.1 Å². The van der Waals surface area contributed by atoms with Crippen LogP contribution in [0, 0.1) is 11.3 Å². The highest BCUT2D eigenvalue weighted by molar-refractivity contribution is 6.11. The van der Waals surface area contributed by atoms with Crippen molar-refractivity contribution >= 4 is 5.78 Å². The monoisotopic (exact) mass is 214 g/mol. The maximum atomic E-state index is 12.0. The molecule has 1 aromatic carbocycles. The van der Waals surface area contributed by atoms with Crippen molar-refractivity contribution in [2.45, 2.75) is 0 Å². The highest BCUT2D eigenvalue weighted by Gasteiger charge is 2.20. The van der Waals surface area contributed by atoms with Crippen molar-refractivity contribution in [2.24, 2.45) is 0 Å². The van der Waals surface area contributed by atoms with E-state index in [0.717, 1.165) is 0 Å². The number of carbonyl (C=O) groups is 1. The molecule has 80 valence electrons. The fourth-order valence-electron chi connectivity index (χ4n) is 1.47. The highest BCUT2D eigenvalue weighted by atomic mass is 16.5. The second-order valence-corrected chi connectivity index (χ2v) is 3.29. The zero-order chi connectivity index (χ0) is 11.4. The molecule has 1 saturated heterocycles. The molecule has 0 atom stereocenters. The number of benzene rings is 1. The number of nitrogens with one attached hydrogen (secondary N) is 1. The van der Waals surface area contributed by atoms with Gasteiger partial charge in [-0.25, -0.2) is 0 Å². The fourth-order valence-corrected chi connectivity index (χ4v) is 1.47. The molecule has 1 aromatic rings. The lowest BCUT2D eigenvalue weighted by molar-refractivity contribution is 0.103. The normalized spacial score (nSPS) is 16.9. The quantitative estimate of drug-likeness (QED) is 0.457. The molecule has 0 spiro atoms. The lowest BCUT2D eigenvalue weighted by Crippen LogP contribution is -2.12. The molecule has 1 fully saturated rings. The van der Waals surface area contributed by atoms with Crippen molar-refractivity contribution in [3.63, 3.8) is 0 Å². The van der Waals surface area contributed by atoms with Crippen LogP contribution in [0.4, 0.5) is 0 Å². The van der Waals surface area contributed by atoms with Crippen molar-refractivity contribution in [2.75, 3.05) is 13.2 Å². The van der Waals surface area contributed by atoms with Crippen LogP contribution in [0.15, 0.2) is 41.8 Å². The molecule has 4 nitrogen and oxygen atoms in total. The number of Topliss-reactive ketones (excluding diaryl/α,β-unsaturated/α-hetero) is 1. The first-order valence-corrected chi connectivity index (χ1v) is 4.93. The van der Waals surface area contributed by atoms with Gasteiger partial charge in [-0.05, 0) is 0 Å². The number of ketones is 1. The largest absolute Gasteiger partial charge is 0.476 e. The van der Waals surface area contributed by atoms with E-state index in [1.54, 1.807) is 24.3 Å². The van der Waals surface area contributed by atoms with Gasteiger partial charge in [-0.15, -0.1) is 0 Å². The van der Waals surface area contributed by atoms with Crippen LogP contribution in [0.2, 0.25) is 0 Å². The molecule has 0 bridgehead atoms. The Morgan fingerprint density at radius 2 is 2.12 bits per heavy atom. The Kier molecular flexibility index (Phi) is 2.88. The summed E-state index contributed by atoms with van der Waals surface area (Å²) >= 11 is 0. The first-order chi connectivity index (χ1) is 7.83. The van der Waals surface area contributed by atoms with Crippen LogP contribution in [0.5, 0.6) is 0 Å². The number of rotatable bonds is 2. The van der Waals surface area contributed by atoms with E-state index >= 15 is 0 Å². The maximum absolute atomic E-state index is 12.0. The van der Waals surface area contributed by atoms with Gasteiger partial charge in [0.25, 0.3) is 0 Å². The summed E-state index contributed by atoms with van der Waals surface area (Å²) < 4.78 is 5.17. The number of nitriles is 1. The SMILES string of the molecule is N#C/C(C(=O)c1ccccc1)=C1\NCCO1. The van der Waals surface area contributed by atoms with Gasteiger partial charge in [0.2, 0.25) is 11.7 Å². The van der Waals surface area contributed by atoms with Crippen molar-refractivity contribution in [1.29, 1.82) is 5.26 Å². The Bertz CT molecular complexity index is 464. The molecule has 1 aliphatic rings. The van der Waals surface area contributed by atoms with Gasteiger partial charge in [0, 0.05) is 5.56 Å². The Morgan fingerprint density at radius 3 is 2.69 bits per heavy atom. The van der Waals surface area contributed by atoms with Crippen molar-refractivity contribution in [3.8, 4) is 6.07 Å². The maximum Gasteiger partial charge on any atom is 0.209 e. The minimum Gasteiger partial charge on any atom is -0.476 e. The fraction of sp³-hybridized carbons (Fsp3) is 0.167.